The molecule has 2 rings (SSSR count). The van der Waals surface area contributed by atoms with E-state index in [2.05, 4.69) is 35.1 Å². The molecule has 4 nitrogen and oxygen atoms in total. The molecule has 18 heavy (non-hydrogen) atoms. The summed E-state index contributed by atoms with van der Waals surface area (Å²) in [6.07, 6.45) is 3.40. The van der Waals surface area contributed by atoms with Crippen LogP contribution < -0.4 is 5.32 Å². The van der Waals surface area contributed by atoms with Gasteiger partial charge in [-0.1, -0.05) is 13.8 Å². The number of benzene rings is 1. The first-order valence-electron chi connectivity index (χ1n) is 6.08. The Kier molecular flexibility index (Phi) is 3.61. The van der Waals surface area contributed by atoms with E-state index >= 15 is 0 Å². The minimum atomic E-state index is -0.365. The van der Waals surface area contributed by atoms with Gasteiger partial charge in [0.1, 0.15) is 0 Å². The van der Waals surface area contributed by atoms with Crippen LogP contribution in [0.2, 0.25) is 0 Å². The molecule has 1 unspecified atom stereocenters. The molecule has 1 saturated carbocycles. The summed E-state index contributed by atoms with van der Waals surface area (Å²) < 4.78 is 0.873. The van der Waals surface area contributed by atoms with Crippen molar-refractivity contribution < 1.29 is 4.92 Å². The quantitative estimate of drug-likeness (QED) is 0.667. The molecule has 1 atom stereocenters. The average Bonchev–Trinajstić information content (AvgIpc) is 2.61. The Balaban J connectivity index is 2.14. The Bertz CT molecular complexity index is 474. The summed E-state index contributed by atoms with van der Waals surface area (Å²) in [6, 6.07) is 5.22. The molecule has 1 aliphatic rings. The van der Waals surface area contributed by atoms with Crippen LogP contribution >= 0.6 is 15.9 Å². The Hall–Kier alpha value is -1.10. The fourth-order valence-corrected chi connectivity index (χ4v) is 2.88. The largest absolute Gasteiger partial charge is 0.381 e. The van der Waals surface area contributed by atoms with Crippen molar-refractivity contribution in [3.05, 3.63) is 32.8 Å². The van der Waals surface area contributed by atoms with Crippen molar-refractivity contribution >= 4 is 27.3 Å². The first-order chi connectivity index (χ1) is 8.37. The highest BCUT2D eigenvalue weighted by Gasteiger charge is 2.31. The average molecular weight is 313 g/mol. The first-order valence-corrected chi connectivity index (χ1v) is 6.87. The number of nitrogens with one attached hydrogen (secondary N) is 1. The van der Waals surface area contributed by atoms with Gasteiger partial charge in [-0.15, -0.1) is 0 Å². The molecule has 1 N–H and O–H groups in total. The lowest BCUT2D eigenvalue weighted by Crippen LogP contribution is -2.17. The van der Waals surface area contributed by atoms with Gasteiger partial charge in [0.2, 0.25) is 0 Å². The number of nitrogens with zero attached hydrogens (tertiary/aromatic N) is 1. The Morgan fingerprint density at radius 2 is 2.22 bits per heavy atom. The summed E-state index contributed by atoms with van der Waals surface area (Å²) in [7, 11) is 0. The van der Waals surface area contributed by atoms with Gasteiger partial charge >= 0.3 is 0 Å². The van der Waals surface area contributed by atoms with Crippen LogP contribution in [-0.4, -0.2) is 11.0 Å². The molecule has 0 amide bonds. The van der Waals surface area contributed by atoms with Crippen molar-refractivity contribution in [2.45, 2.75) is 39.2 Å². The monoisotopic (exact) mass is 312 g/mol. The number of anilines is 1. The SMILES string of the molecule is CC1(C)CCC(Nc2cc([N+](=O)[O-])ccc2Br)C1. The van der Waals surface area contributed by atoms with Crippen LogP contribution in [0.5, 0.6) is 0 Å². The number of hydrogen-bond acceptors (Lipinski definition) is 3. The van der Waals surface area contributed by atoms with Crippen LogP contribution in [0.25, 0.3) is 0 Å². The highest BCUT2D eigenvalue weighted by molar-refractivity contribution is 9.10. The predicted octanol–water partition coefficient (Wildman–Crippen LogP) is 4.35. The van der Waals surface area contributed by atoms with E-state index in [0.29, 0.717) is 11.5 Å². The second-order valence-corrected chi connectivity index (χ2v) is 6.52. The van der Waals surface area contributed by atoms with E-state index in [9.17, 15) is 10.1 Å². The summed E-state index contributed by atoms with van der Waals surface area (Å²) in [4.78, 5) is 10.4. The maximum absolute atomic E-state index is 10.8. The molecule has 98 valence electrons. The molecule has 0 spiro atoms. The standard InChI is InChI=1S/C13H17BrN2O2/c1-13(2)6-5-9(8-13)15-12-7-10(16(17)18)3-4-11(12)14/h3-4,7,9,15H,5-6,8H2,1-2H3. The molecule has 0 heterocycles. The van der Waals surface area contributed by atoms with Crippen molar-refractivity contribution in [1.82, 2.24) is 0 Å². The Labute approximate surface area is 115 Å². The number of nitro groups is 1. The van der Waals surface area contributed by atoms with Gasteiger partial charge in [-0.05, 0) is 46.7 Å². The minimum Gasteiger partial charge on any atom is -0.381 e. The lowest BCUT2D eigenvalue weighted by molar-refractivity contribution is -0.384. The third-order valence-corrected chi connectivity index (χ3v) is 4.18. The second-order valence-electron chi connectivity index (χ2n) is 5.67. The van der Waals surface area contributed by atoms with Crippen LogP contribution in [0.4, 0.5) is 11.4 Å². The number of nitro benzene ring substituents is 1. The van der Waals surface area contributed by atoms with Gasteiger partial charge in [-0.3, -0.25) is 10.1 Å². The van der Waals surface area contributed by atoms with Gasteiger partial charge in [0.25, 0.3) is 5.69 Å². The molecule has 5 heteroatoms. The van der Waals surface area contributed by atoms with Crippen LogP contribution in [0, 0.1) is 15.5 Å². The van der Waals surface area contributed by atoms with Crippen LogP contribution in [0.1, 0.15) is 33.1 Å². The zero-order valence-corrected chi connectivity index (χ0v) is 12.2. The van der Waals surface area contributed by atoms with Gasteiger partial charge in [0, 0.05) is 22.6 Å². The lowest BCUT2D eigenvalue weighted by atomic mass is 9.92. The van der Waals surface area contributed by atoms with Crippen LogP contribution in [-0.2, 0) is 0 Å². The fraction of sp³-hybridized carbons (Fsp3) is 0.538. The van der Waals surface area contributed by atoms with Crippen molar-refractivity contribution in [1.29, 1.82) is 0 Å². The van der Waals surface area contributed by atoms with Crippen molar-refractivity contribution in [2.75, 3.05) is 5.32 Å². The van der Waals surface area contributed by atoms with Gasteiger partial charge in [0.15, 0.2) is 0 Å². The molecule has 0 aromatic heterocycles. The number of rotatable bonds is 3. The predicted molar refractivity (Wildman–Crippen MR) is 75.8 cm³/mol. The molecule has 0 radical (unpaired) electrons. The summed E-state index contributed by atoms with van der Waals surface area (Å²) in [5, 5.41) is 14.2. The van der Waals surface area contributed by atoms with Crippen molar-refractivity contribution in [2.24, 2.45) is 5.41 Å². The minimum absolute atomic E-state index is 0.123. The van der Waals surface area contributed by atoms with Gasteiger partial charge in [0.05, 0.1) is 10.6 Å². The Morgan fingerprint density at radius 3 is 2.78 bits per heavy atom. The van der Waals surface area contributed by atoms with E-state index in [1.807, 2.05) is 0 Å². The number of non-ortho nitro benzene ring substituents is 1. The smallest absolute Gasteiger partial charge is 0.271 e. The summed E-state index contributed by atoms with van der Waals surface area (Å²) in [5.41, 5.74) is 1.30. The normalized spacial score (nSPS) is 21.8. The molecular weight excluding hydrogens is 296 g/mol. The van der Waals surface area contributed by atoms with Crippen LogP contribution in [0.3, 0.4) is 0 Å². The van der Waals surface area contributed by atoms with E-state index in [1.54, 1.807) is 12.1 Å². The molecule has 1 aliphatic carbocycles. The molecule has 0 bridgehead atoms. The van der Waals surface area contributed by atoms with Gasteiger partial charge in [-0.25, -0.2) is 0 Å². The van der Waals surface area contributed by atoms with E-state index in [0.717, 1.165) is 23.0 Å². The Morgan fingerprint density at radius 1 is 1.50 bits per heavy atom. The third kappa shape index (κ3) is 3.02. The topological polar surface area (TPSA) is 55.2 Å². The molecule has 0 saturated heterocycles. The maximum atomic E-state index is 10.8. The fourth-order valence-electron chi connectivity index (χ4n) is 2.52. The van der Waals surface area contributed by atoms with E-state index in [4.69, 9.17) is 0 Å². The van der Waals surface area contributed by atoms with Gasteiger partial charge < -0.3 is 5.32 Å². The lowest BCUT2D eigenvalue weighted by Gasteiger charge is -2.19. The maximum Gasteiger partial charge on any atom is 0.271 e. The summed E-state index contributed by atoms with van der Waals surface area (Å²) >= 11 is 3.43. The van der Waals surface area contributed by atoms with Gasteiger partial charge in [-0.2, -0.15) is 0 Å². The molecule has 1 fully saturated rings. The van der Waals surface area contributed by atoms with Crippen molar-refractivity contribution in [3.8, 4) is 0 Å². The first kappa shape index (κ1) is 13.3. The van der Waals surface area contributed by atoms with E-state index in [-0.39, 0.29) is 10.6 Å². The van der Waals surface area contributed by atoms with Crippen molar-refractivity contribution in [3.63, 3.8) is 0 Å². The summed E-state index contributed by atoms with van der Waals surface area (Å²) in [5.74, 6) is 0. The summed E-state index contributed by atoms with van der Waals surface area (Å²) in [6.45, 7) is 4.52. The zero-order chi connectivity index (χ0) is 13.3. The second kappa shape index (κ2) is 4.88. The molecule has 1 aromatic carbocycles. The molecular formula is C13H17BrN2O2. The van der Waals surface area contributed by atoms with E-state index in [1.165, 1.54) is 12.5 Å². The van der Waals surface area contributed by atoms with Crippen LogP contribution in [0.15, 0.2) is 22.7 Å². The molecule has 1 aromatic rings. The number of halogens is 1. The third-order valence-electron chi connectivity index (χ3n) is 3.49. The molecule has 0 aliphatic heterocycles. The number of hydrogen-bond donors (Lipinski definition) is 1. The highest BCUT2D eigenvalue weighted by Crippen LogP contribution is 2.39. The zero-order valence-electron chi connectivity index (χ0n) is 10.6. The van der Waals surface area contributed by atoms with E-state index < -0.39 is 0 Å². The highest BCUT2D eigenvalue weighted by atomic mass is 79.9.